The highest BCUT2D eigenvalue weighted by atomic mass is 16.5. The van der Waals surface area contributed by atoms with E-state index >= 15 is 0 Å². The standard InChI is InChI=1S/C24H22N6O4/c1-29-20-12-17(5-6-18(20)23(28-29)19-7-8-21(31)27-24(19)33)34-13-22(32)26-15-3-2-4-16(11-15)30-10-9-25-14-30/h2-6,9-12,14,19H,7-8,13H2,1H3,(H,26,32)(H,27,31,33). The van der Waals surface area contributed by atoms with Crippen LogP contribution in [0, 0.1) is 0 Å². The molecule has 2 aromatic heterocycles. The first-order chi connectivity index (χ1) is 16.5. The molecular weight excluding hydrogens is 436 g/mol. The van der Waals surface area contributed by atoms with E-state index in [9.17, 15) is 14.4 Å². The fraction of sp³-hybridized carbons (Fsp3) is 0.208. The van der Waals surface area contributed by atoms with Crippen molar-refractivity contribution in [3.05, 3.63) is 66.9 Å². The molecule has 1 fully saturated rings. The van der Waals surface area contributed by atoms with Crippen LogP contribution < -0.4 is 15.4 Å². The molecule has 0 aliphatic carbocycles. The summed E-state index contributed by atoms with van der Waals surface area (Å²) in [5.41, 5.74) is 2.93. The summed E-state index contributed by atoms with van der Waals surface area (Å²) in [6, 6.07) is 12.8. The van der Waals surface area contributed by atoms with Crippen LogP contribution in [0.25, 0.3) is 16.6 Å². The van der Waals surface area contributed by atoms with Gasteiger partial charge in [-0.2, -0.15) is 5.10 Å². The zero-order valence-corrected chi connectivity index (χ0v) is 18.4. The van der Waals surface area contributed by atoms with Gasteiger partial charge in [-0.05, 0) is 36.8 Å². The Morgan fingerprint density at radius 2 is 2.12 bits per heavy atom. The maximum Gasteiger partial charge on any atom is 0.262 e. The smallest absolute Gasteiger partial charge is 0.262 e. The summed E-state index contributed by atoms with van der Waals surface area (Å²) in [4.78, 5) is 40.2. The van der Waals surface area contributed by atoms with Gasteiger partial charge in [0.1, 0.15) is 5.75 Å². The molecule has 10 heteroatoms. The van der Waals surface area contributed by atoms with Crippen molar-refractivity contribution in [2.45, 2.75) is 18.8 Å². The minimum Gasteiger partial charge on any atom is -0.484 e. The lowest BCUT2D eigenvalue weighted by atomic mass is 9.93. The summed E-state index contributed by atoms with van der Waals surface area (Å²) in [5.74, 6) is -0.851. The second kappa shape index (κ2) is 8.81. The topological polar surface area (TPSA) is 120 Å². The SMILES string of the molecule is Cn1nc(C2CCC(=O)NC2=O)c2ccc(OCC(=O)Nc3cccc(-n4ccnc4)c3)cc21. The van der Waals surface area contributed by atoms with E-state index in [-0.39, 0.29) is 30.7 Å². The predicted molar refractivity (Wildman–Crippen MR) is 124 cm³/mol. The number of amides is 3. The molecule has 1 saturated heterocycles. The molecule has 3 amide bonds. The van der Waals surface area contributed by atoms with Gasteiger partial charge in [-0.25, -0.2) is 4.98 Å². The number of nitrogens with zero attached hydrogens (tertiary/aromatic N) is 4. The molecule has 1 aliphatic rings. The van der Waals surface area contributed by atoms with Crippen molar-refractivity contribution in [2.24, 2.45) is 7.05 Å². The van der Waals surface area contributed by atoms with Crippen LogP contribution in [-0.2, 0) is 21.4 Å². The number of piperidine rings is 1. The molecule has 4 aromatic rings. The molecule has 0 bridgehead atoms. The minimum absolute atomic E-state index is 0.168. The average molecular weight is 458 g/mol. The van der Waals surface area contributed by atoms with Crippen LogP contribution >= 0.6 is 0 Å². The molecule has 0 radical (unpaired) electrons. The molecule has 34 heavy (non-hydrogen) atoms. The summed E-state index contributed by atoms with van der Waals surface area (Å²) >= 11 is 0. The maximum atomic E-state index is 12.4. The highest BCUT2D eigenvalue weighted by Gasteiger charge is 2.31. The molecule has 2 aromatic carbocycles. The fourth-order valence-corrected chi connectivity index (χ4v) is 4.07. The molecule has 172 valence electrons. The minimum atomic E-state index is -0.475. The van der Waals surface area contributed by atoms with E-state index in [1.807, 2.05) is 35.0 Å². The number of rotatable bonds is 6. The highest BCUT2D eigenvalue weighted by Crippen LogP contribution is 2.32. The summed E-state index contributed by atoms with van der Waals surface area (Å²) in [5, 5.41) is 10.5. The summed E-state index contributed by atoms with van der Waals surface area (Å²) < 4.78 is 9.22. The van der Waals surface area contributed by atoms with E-state index in [0.29, 0.717) is 23.6 Å². The van der Waals surface area contributed by atoms with Crippen molar-refractivity contribution in [1.29, 1.82) is 0 Å². The summed E-state index contributed by atoms with van der Waals surface area (Å²) in [6.45, 7) is -0.168. The van der Waals surface area contributed by atoms with E-state index in [1.165, 1.54) is 0 Å². The van der Waals surface area contributed by atoms with Gasteiger partial charge >= 0.3 is 0 Å². The Morgan fingerprint density at radius 1 is 1.24 bits per heavy atom. The van der Waals surface area contributed by atoms with Gasteiger partial charge in [-0.15, -0.1) is 0 Å². The Kier molecular flexibility index (Phi) is 5.54. The predicted octanol–water partition coefficient (Wildman–Crippen LogP) is 2.30. The largest absolute Gasteiger partial charge is 0.484 e. The second-order valence-electron chi connectivity index (χ2n) is 8.05. The number of hydrogen-bond acceptors (Lipinski definition) is 6. The molecule has 10 nitrogen and oxygen atoms in total. The van der Waals surface area contributed by atoms with Gasteiger partial charge in [0, 0.05) is 48.7 Å². The first-order valence-corrected chi connectivity index (χ1v) is 10.8. The zero-order valence-electron chi connectivity index (χ0n) is 18.4. The molecular formula is C24H22N6O4. The first-order valence-electron chi connectivity index (χ1n) is 10.8. The molecule has 1 unspecified atom stereocenters. The number of carbonyl (C=O) groups excluding carboxylic acids is 3. The lowest BCUT2D eigenvalue weighted by molar-refractivity contribution is -0.134. The van der Waals surface area contributed by atoms with Gasteiger partial charge in [-0.1, -0.05) is 6.07 Å². The van der Waals surface area contributed by atoms with Crippen LogP contribution in [0.3, 0.4) is 0 Å². The van der Waals surface area contributed by atoms with E-state index < -0.39 is 5.92 Å². The van der Waals surface area contributed by atoms with E-state index in [4.69, 9.17) is 4.74 Å². The van der Waals surface area contributed by atoms with Gasteiger partial charge in [0.05, 0.1) is 23.5 Å². The Morgan fingerprint density at radius 3 is 2.91 bits per heavy atom. The monoisotopic (exact) mass is 458 g/mol. The van der Waals surface area contributed by atoms with Crippen LogP contribution in [0.2, 0.25) is 0 Å². The summed E-state index contributed by atoms with van der Waals surface area (Å²) in [7, 11) is 1.78. The lowest BCUT2D eigenvalue weighted by Gasteiger charge is -2.19. The number of ether oxygens (including phenoxy) is 1. The number of aryl methyl sites for hydroxylation is 1. The summed E-state index contributed by atoms with van der Waals surface area (Å²) in [6.07, 6.45) is 5.91. The van der Waals surface area contributed by atoms with Crippen molar-refractivity contribution < 1.29 is 19.1 Å². The number of imidazole rings is 1. The van der Waals surface area contributed by atoms with Crippen LogP contribution in [0.4, 0.5) is 5.69 Å². The van der Waals surface area contributed by atoms with Gasteiger partial charge in [-0.3, -0.25) is 24.4 Å². The van der Waals surface area contributed by atoms with E-state index in [0.717, 1.165) is 16.6 Å². The average Bonchev–Trinajstić information content (AvgIpc) is 3.47. The molecule has 3 heterocycles. The number of hydrogen-bond donors (Lipinski definition) is 2. The Balaban J connectivity index is 1.26. The number of benzene rings is 2. The molecule has 2 N–H and O–H groups in total. The van der Waals surface area contributed by atoms with Crippen LogP contribution in [-0.4, -0.2) is 43.7 Å². The molecule has 0 spiro atoms. The van der Waals surface area contributed by atoms with Crippen molar-refractivity contribution >= 4 is 34.3 Å². The third-order valence-electron chi connectivity index (χ3n) is 5.72. The Labute approximate surface area is 194 Å². The molecule has 0 saturated carbocycles. The van der Waals surface area contributed by atoms with E-state index in [2.05, 4.69) is 20.7 Å². The number of aromatic nitrogens is 4. The normalized spacial score (nSPS) is 15.9. The maximum absolute atomic E-state index is 12.4. The van der Waals surface area contributed by atoms with Crippen LogP contribution in [0.15, 0.2) is 61.2 Å². The number of nitrogens with one attached hydrogen (secondary N) is 2. The van der Waals surface area contributed by atoms with Crippen molar-refractivity contribution in [3.63, 3.8) is 0 Å². The zero-order chi connectivity index (χ0) is 23.7. The van der Waals surface area contributed by atoms with Gasteiger partial charge in [0.2, 0.25) is 11.8 Å². The van der Waals surface area contributed by atoms with Gasteiger partial charge < -0.3 is 14.6 Å². The Bertz CT molecular complexity index is 1390. The van der Waals surface area contributed by atoms with Gasteiger partial charge in [0.25, 0.3) is 5.91 Å². The third-order valence-corrected chi connectivity index (χ3v) is 5.72. The number of imide groups is 1. The third kappa shape index (κ3) is 4.25. The van der Waals surface area contributed by atoms with E-state index in [1.54, 1.807) is 42.5 Å². The molecule has 1 atom stereocenters. The first kappa shape index (κ1) is 21.4. The van der Waals surface area contributed by atoms with Crippen LogP contribution in [0.1, 0.15) is 24.5 Å². The number of anilines is 1. The highest BCUT2D eigenvalue weighted by molar-refractivity contribution is 6.02. The van der Waals surface area contributed by atoms with Crippen molar-refractivity contribution in [1.82, 2.24) is 24.6 Å². The van der Waals surface area contributed by atoms with Crippen molar-refractivity contribution in [3.8, 4) is 11.4 Å². The fourth-order valence-electron chi connectivity index (χ4n) is 4.07. The van der Waals surface area contributed by atoms with Crippen LogP contribution in [0.5, 0.6) is 5.75 Å². The number of fused-ring (bicyclic) bond motifs is 1. The Hall–Kier alpha value is -4.47. The lowest BCUT2D eigenvalue weighted by Crippen LogP contribution is -2.39. The quantitative estimate of drug-likeness (QED) is 0.428. The molecule has 5 rings (SSSR count). The molecule has 1 aliphatic heterocycles. The van der Waals surface area contributed by atoms with Gasteiger partial charge in [0.15, 0.2) is 6.61 Å². The number of carbonyl (C=O) groups is 3. The second-order valence-corrected chi connectivity index (χ2v) is 8.05. The van der Waals surface area contributed by atoms with Crippen molar-refractivity contribution in [2.75, 3.05) is 11.9 Å².